The van der Waals surface area contributed by atoms with Crippen molar-refractivity contribution in [2.75, 3.05) is 0 Å². The molecule has 0 unspecified atom stereocenters. The second kappa shape index (κ2) is 30.1. The fourth-order valence-corrected chi connectivity index (χ4v) is 7.55. The van der Waals surface area contributed by atoms with Crippen LogP contribution in [0.1, 0.15) is 27.8 Å². The Bertz CT molecular complexity index is 3270. The van der Waals surface area contributed by atoms with Gasteiger partial charge in [-0.3, -0.25) is 0 Å². The van der Waals surface area contributed by atoms with E-state index < -0.39 is 9.24 Å². The van der Waals surface area contributed by atoms with E-state index in [0.717, 1.165) is 60.5 Å². The van der Waals surface area contributed by atoms with Crippen molar-refractivity contribution in [1.82, 2.24) is 44.3 Å². The number of benzene rings is 7. The van der Waals surface area contributed by atoms with Crippen LogP contribution in [0.15, 0.2) is 223 Å². The molecule has 3 heterocycles. The number of nitrogens with zero attached hydrogens (tertiary/aromatic N) is 9. The lowest BCUT2D eigenvalue weighted by Crippen LogP contribution is -2.00. The van der Waals surface area contributed by atoms with Crippen LogP contribution in [-0.2, 0) is 40.8 Å². The molecule has 0 amide bonds. The number of aromatic hydroxyl groups is 1. The van der Waals surface area contributed by atoms with E-state index in [1.165, 1.54) is 30.1 Å². The molecular formula is C53H48Br3ClN10O6S. The zero-order valence-corrected chi connectivity index (χ0v) is 45.6. The molecule has 74 heavy (non-hydrogen) atoms. The molecule has 7 aromatic carbocycles. The Morgan fingerprint density at radius 2 is 0.865 bits per heavy atom. The Balaban J connectivity index is 0.000000166. The van der Waals surface area contributed by atoms with Crippen molar-refractivity contribution in [1.29, 1.82) is 0 Å². The lowest BCUT2D eigenvalue weighted by atomic mass is 10.2. The summed E-state index contributed by atoms with van der Waals surface area (Å²) in [5.41, 5.74) is 5.82. The maximum Gasteiger partial charge on any atom is 0.294 e. The molecule has 10 aromatic rings. The first-order valence-electron chi connectivity index (χ1n) is 22.2. The van der Waals surface area contributed by atoms with Crippen molar-refractivity contribution in [2.24, 2.45) is 5.14 Å². The molecule has 3 aromatic heterocycles. The predicted octanol–water partition coefficient (Wildman–Crippen LogP) is 12.4. The van der Waals surface area contributed by atoms with Gasteiger partial charge in [0.15, 0.2) is 0 Å². The summed E-state index contributed by atoms with van der Waals surface area (Å²) in [4.78, 5) is 11.8. The lowest BCUT2D eigenvalue weighted by molar-refractivity contribution is 0.306. The number of ether oxygens (including phenoxy) is 3. The monoisotopic (exact) mass is 1220 g/mol. The van der Waals surface area contributed by atoms with Crippen molar-refractivity contribution >= 4 is 67.7 Å². The summed E-state index contributed by atoms with van der Waals surface area (Å²) >= 11 is 10.2. The maximum atomic E-state index is 9.24. The number of nitrogens with two attached hydrogens (primary N) is 1. The average Bonchev–Trinajstić information content (AvgIpc) is 4.22. The fraction of sp³-hybridized carbons (Fsp3) is 0.0943. The number of phenols is 1. The number of hydrogen-bond acceptors (Lipinski definition) is 12. The topological polar surface area (TPSA) is 200 Å². The Hall–Kier alpha value is -7.20. The number of phenolic OH excluding ortho intramolecular Hbond substituents is 1. The zero-order chi connectivity index (χ0) is 52.4. The maximum absolute atomic E-state index is 9.24. The summed E-state index contributed by atoms with van der Waals surface area (Å²) in [5.74, 6) is 4.00. The molecule has 0 saturated heterocycles. The average molecular weight is 1230 g/mol. The van der Waals surface area contributed by atoms with Crippen molar-refractivity contribution in [3.8, 4) is 34.5 Å². The molecule has 3 N–H and O–H groups in total. The molecule has 0 atom stereocenters. The molecule has 0 aliphatic rings. The molecule has 0 saturated carbocycles. The predicted molar refractivity (Wildman–Crippen MR) is 296 cm³/mol. The molecule has 380 valence electrons. The van der Waals surface area contributed by atoms with Gasteiger partial charge in [0.25, 0.3) is 9.24 Å². The van der Waals surface area contributed by atoms with Gasteiger partial charge >= 0.3 is 0 Å². The SMILES string of the molecule is BrCc1cccc(Br)c1.Brc1cccc(Cn2cncn2)c1.NS(=O)(=O)Cl.Oc1ccc(Oc2cccc(Cn3cncn3)c2)cc1.c1ccc(COc2ccc(Oc3cccc(Cn4cncn4)c3)cc2)cc1. The molecule has 0 spiro atoms. The lowest BCUT2D eigenvalue weighted by Gasteiger charge is -2.10. The van der Waals surface area contributed by atoms with Gasteiger partial charge in [0.1, 0.15) is 79.1 Å². The summed E-state index contributed by atoms with van der Waals surface area (Å²) in [5, 5.41) is 26.5. The van der Waals surface area contributed by atoms with Crippen molar-refractivity contribution in [3.05, 3.63) is 251 Å². The van der Waals surface area contributed by atoms with Crippen LogP contribution in [0.2, 0.25) is 0 Å². The Morgan fingerprint density at radius 1 is 0.486 bits per heavy atom. The smallest absolute Gasteiger partial charge is 0.294 e. The van der Waals surface area contributed by atoms with Gasteiger partial charge in [-0.05, 0) is 125 Å². The molecule has 0 fully saturated rings. The molecule has 0 bridgehead atoms. The van der Waals surface area contributed by atoms with Crippen LogP contribution in [0.3, 0.4) is 0 Å². The molecule has 16 nitrogen and oxygen atoms in total. The first-order valence-corrected chi connectivity index (χ1v) is 27.2. The highest BCUT2D eigenvalue weighted by Gasteiger charge is 2.04. The number of halogens is 4. The van der Waals surface area contributed by atoms with E-state index in [2.05, 4.69) is 118 Å². The van der Waals surface area contributed by atoms with Crippen LogP contribution in [-0.4, -0.2) is 57.8 Å². The van der Waals surface area contributed by atoms with Crippen molar-refractivity contribution in [3.63, 3.8) is 0 Å². The van der Waals surface area contributed by atoms with Gasteiger partial charge in [-0.2, -0.15) is 23.7 Å². The summed E-state index contributed by atoms with van der Waals surface area (Å²) < 4.78 is 43.4. The minimum atomic E-state index is -3.69. The molecule has 0 aliphatic heterocycles. The highest BCUT2D eigenvalue weighted by molar-refractivity contribution is 9.10. The Morgan fingerprint density at radius 3 is 1.27 bits per heavy atom. The molecule has 10 rings (SSSR count). The third-order valence-electron chi connectivity index (χ3n) is 9.54. The summed E-state index contributed by atoms with van der Waals surface area (Å²) in [6.45, 7) is 2.61. The van der Waals surface area contributed by atoms with Crippen molar-refractivity contribution in [2.45, 2.75) is 31.6 Å². The van der Waals surface area contributed by atoms with Crippen LogP contribution in [0, 0.1) is 0 Å². The van der Waals surface area contributed by atoms with E-state index in [4.69, 9.17) is 14.2 Å². The number of alkyl halides is 1. The number of aromatic nitrogens is 9. The minimum Gasteiger partial charge on any atom is -0.508 e. The highest BCUT2D eigenvalue weighted by Crippen LogP contribution is 2.26. The molecule has 21 heteroatoms. The van der Waals surface area contributed by atoms with Gasteiger partial charge in [0, 0.05) is 25.0 Å². The van der Waals surface area contributed by atoms with E-state index in [0.29, 0.717) is 25.4 Å². The Kier molecular flexibility index (Phi) is 22.8. The quantitative estimate of drug-likeness (QED) is 0.0772. The highest BCUT2D eigenvalue weighted by atomic mass is 79.9. The standard InChI is InChI=1S/C22H19N3O2.C15H13N3O2.C9H8BrN3.C7H6Br2.ClH2NO2S/c1-2-5-18(6-3-1)15-26-20-9-11-21(12-10-20)27-22-8-4-7-19(13-22)14-25-17-23-16-24-25;19-13-4-6-14(7-5-13)20-15-3-1-2-12(8-15)9-18-11-16-10-17-18;10-9-3-1-2-8(4-9)5-13-7-11-6-12-13;8-5-6-2-1-3-7(9)4-6;1-5(2,3)4/h1-13,16-17H,14-15H2;1-8,10-11,19H,9H2;1-4,6-7H,5H2;1-4H,5H2;(H2,2,3,4). The second-order valence-electron chi connectivity index (χ2n) is 15.4. The van der Waals surface area contributed by atoms with E-state index >= 15 is 0 Å². The Labute approximate surface area is 458 Å². The number of rotatable bonds is 14. The van der Waals surface area contributed by atoms with Crippen LogP contribution >= 0.6 is 58.5 Å². The third kappa shape index (κ3) is 22.3. The van der Waals surface area contributed by atoms with Crippen LogP contribution in [0.4, 0.5) is 0 Å². The van der Waals surface area contributed by atoms with E-state index in [1.807, 2.05) is 127 Å². The number of hydrogen-bond donors (Lipinski definition) is 2. The van der Waals surface area contributed by atoms with E-state index in [9.17, 15) is 13.5 Å². The van der Waals surface area contributed by atoms with Gasteiger partial charge in [-0.15, -0.1) is 0 Å². The molecule has 0 aliphatic carbocycles. The second-order valence-corrected chi connectivity index (χ2v) is 20.0. The summed E-state index contributed by atoms with van der Waals surface area (Å²) in [7, 11) is 0.586. The molecule has 0 radical (unpaired) electrons. The van der Waals surface area contributed by atoms with Crippen LogP contribution in [0.5, 0.6) is 34.5 Å². The summed E-state index contributed by atoms with van der Waals surface area (Å²) in [6, 6.07) is 56.5. The van der Waals surface area contributed by atoms with Gasteiger partial charge in [0.2, 0.25) is 0 Å². The third-order valence-corrected chi connectivity index (χ3v) is 11.2. The first kappa shape index (κ1) is 56.1. The normalized spacial score (nSPS) is 10.4. The van der Waals surface area contributed by atoms with Gasteiger partial charge in [-0.1, -0.05) is 127 Å². The van der Waals surface area contributed by atoms with E-state index in [-0.39, 0.29) is 5.75 Å². The van der Waals surface area contributed by atoms with Gasteiger partial charge < -0.3 is 19.3 Å². The summed E-state index contributed by atoms with van der Waals surface area (Å²) in [6.07, 6.45) is 9.66. The molecular weight excluding hydrogens is 1180 g/mol. The minimum absolute atomic E-state index is 0.220. The van der Waals surface area contributed by atoms with Crippen LogP contribution < -0.4 is 19.3 Å². The van der Waals surface area contributed by atoms with Crippen molar-refractivity contribution < 1.29 is 27.7 Å². The fourth-order valence-electron chi connectivity index (χ4n) is 6.31. The first-order chi connectivity index (χ1) is 35.8. The van der Waals surface area contributed by atoms with Gasteiger partial charge in [0.05, 0.1) is 19.6 Å². The van der Waals surface area contributed by atoms with Crippen LogP contribution in [0.25, 0.3) is 0 Å². The van der Waals surface area contributed by atoms with Gasteiger partial charge in [-0.25, -0.2) is 34.1 Å². The zero-order valence-electron chi connectivity index (χ0n) is 39.3. The largest absolute Gasteiger partial charge is 0.508 e. The van der Waals surface area contributed by atoms with E-state index in [1.54, 1.807) is 57.3 Å².